The lowest BCUT2D eigenvalue weighted by atomic mass is 9.99. The van der Waals surface area contributed by atoms with Crippen LogP contribution in [0.25, 0.3) is 0 Å². The van der Waals surface area contributed by atoms with Crippen LogP contribution in [0.15, 0.2) is 22.9 Å². The second kappa shape index (κ2) is 6.19. The van der Waals surface area contributed by atoms with E-state index in [1.54, 1.807) is 0 Å². The maximum Gasteiger partial charge on any atom is 0.158 e. The second-order valence-electron chi connectivity index (χ2n) is 6.93. The molecule has 1 aliphatic rings. The van der Waals surface area contributed by atoms with Crippen LogP contribution in [0, 0.1) is 0 Å². The Morgan fingerprint density at radius 3 is 2.41 bits per heavy atom. The van der Waals surface area contributed by atoms with Crippen LogP contribution in [0.4, 0.5) is 0 Å². The lowest BCUT2D eigenvalue weighted by molar-refractivity contribution is 0.393. The third kappa shape index (κ3) is 2.87. The molecule has 0 spiro atoms. The van der Waals surface area contributed by atoms with Crippen LogP contribution < -0.4 is 0 Å². The number of nitrogens with zero attached hydrogens (tertiary/aromatic N) is 4. The molecule has 0 N–H and O–H groups in total. The van der Waals surface area contributed by atoms with Crippen LogP contribution in [0.3, 0.4) is 0 Å². The summed E-state index contributed by atoms with van der Waals surface area (Å²) in [7, 11) is 2.12. The Labute approximate surface area is 141 Å². The van der Waals surface area contributed by atoms with Crippen molar-refractivity contribution in [3.63, 3.8) is 0 Å². The minimum Gasteiger partial charge on any atom is -0.340 e. The zero-order chi connectivity index (χ0) is 15.7. The first-order valence-corrected chi connectivity index (χ1v) is 9.03. The van der Waals surface area contributed by atoms with Crippen LogP contribution >= 0.6 is 15.9 Å². The van der Waals surface area contributed by atoms with Gasteiger partial charge in [0.05, 0.1) is 5.54 Å². The van der Waals surface area contributed by atoms with E-state index in [2.05, 4.69) is 74.6 Å². The Balaban J connectivity index is 1.92. The van der Waals surface area contributed by atoms with Gasteiger partial charge in [0, 0.05) is 29.8 Å². The summed E-state index contributed by atoms with van der Waals surface area (Å²) in [5, 5.41) is 9.12. The van der Waals surface area contributed by atoms with Crippen LogP contribution in [-0.4, -0.2) is 19.3 Å². The summed E-state index contributed by atoms with van der Waals surface area (Å²) >= 11 is 3.53. The highest BCUT2D eigenvalue weighted by Crippen LogP contribution is 2.33. The van der Waals surface area contributed by atoms with Gasteiger partial charge in [-0.05, 0) is 48.7 Å². The average molecular weight is 365 g/mol. The minimum atomic E-state index is -0.212. The molecule has 1 aliphatic carbocycles. The highest BCUT2D eigenvalue weighted by atomic mass is 79.9. The summed E-state index contributed by atoms with van der Waals surface area (Å²) < 4.78 is 5.51. The van der Waals surface area contributed by atoms with Crippen molar-refractivity contribution in [1.82, 2.24) is 19.3 Å². The smallest absolute Gasteiger partial charge is 0.158 e. The molecule has 1 saturated carbocycles. The van der Waals surface area contributed by atoms with Crippen LogP contribution in [0.2, 0.25) is 0 Å². The molecule has 0 amide bonds. The lowest BCUT2D eigenvalue weighted by Crippen LogP contribution is -2.30. The third-order valence-corrected chi connectivity index (χ3v) is 5.45. The lowest BCUT2D eigenvalue weighted by Gasteiger charge is -2.26. The van der Waals surface area contributed by atoms with E-state index in [1.807, 2.05) is 0 Å². The van der Waals surface area contributed by atoms with Crippen LogP contribution in [-0.2, 0) is 12.6 Å². The zero-order valence-corrected chi connectivity index (χ0v) is 15.3. The largest absolute Gasteiger partial charge is 0.340 e. The number of aromatic nitrogens is 4. The predicted octanol–water partition coefficient (Wildman–Crippen LogP) is 4.60. The molecule has 2 aromatic heterocycles. The third-order valence-electron chi connectivity index (χ3n) is 4.98. The van der Waals surface area contributed by atoms with Gasteiger partial charge in [-0.3, -0.25) is 0 Å². The summed E-state index contributed by atoms with van der Waals surface area (Å²) in [4.78, 5) is 0. The Morgan fingerprint density at radius 2 is 1.82 bits per heavy atom. The molecule has 3 rings (SSSR count). The fourth-order valence-electron chi connectivity index (χ4n) is 3.60. The maximum absolute atomic E-state index is 4.57. The molecule has 0 saturated heterocycles. The number of hydrogen-bond donors (Lipinski definition) is 0. The summed E-state index contributed by atoms with van der Waals surface area (Å²) in [5.41, 5.74) is -0.212. The van der Waals surface area contributed by atoms with Crippen molar-refractivity contribution in [3.05, 3.63) is 34.6 Å². The summed E-state index contributed by atoms with van der Waals surface area (Å²) in [6.07, 6.45) is 12.1. The van der Waals surface area contributed by atoms with Gasteiger partial charge in [0.2, 0.25) is 0 Å². The summed E-state index contributed by atoms with van der Waals surface area (Å²) in [6, 6.07) is 2.06. The Hall–Kier alpha value is -1.10. The highest BCUT2D eigenvalue weighted by molar-refractivity contribution is 9.10. The monoisotopic (exact) mass is 364 g/mol. The van der Waals surface area contributed by atoms with Gasteiger partial charge in [0.1, 0.15) is 5.82 Å². The minimum absolute atomic E-state index is 0.212. The standard InChI is InChI=1S/C17H25BrN4/c1-17(2,22-11-10-14(18)12-22)16-20-19-15(21(16)3)13-8-6-4-5-7-9-13/h10-13H,4-9H2,1-3H3. The number of rotatable bonds is 3. The van der Waals surface area contributed by atoms with Crippen molar-refractivity contribution in [2.24, 2.45) is 7.05 Å². The highest BCUT2D eigenvalue weighted by Gasteiger charge is 2.30. The average Bonchev–Trinajstić information content (AvgIpc) is 2.98. The Kier molecular flexibility index (Phi) is 4.44. The fourth-order valence-corrected chi connectivity index (χ4v) is 3.94. The van der Waals surface area contributed by atoms with Gasteiger partial charge in [-0.2, -0.15) is 0 Å². The molecular formula is C17H25BrN4. The quantitative estimate of drug-likeness (QED) is 0.746. The van der Waals surface area contributed by atoms with Gasteiger partial charge in [0.25, 0.3) is 0 Å². The first-order chi connectivity index (χ1) is 10.5. The topological polar surface area (TPSA) is 35.6 Å². The van der Waals surface area contributed by atoms with Crippen molar-refractivity contribution >= 4 is 15.9 Å². The molecule has 22 heavy (non-hydrogen) atoms. The van der Waals surface area contributed by atoms with E-state index < -0.39 is 0 Å². The first-order valence-electron chi connectivity index (χ1n) is 8.24. The maximum atomic E-state index is 4.57. The van der Waals surface area contributed by atoms with Gasteiger partial charge in [-0.1, -0.05) is 25.7 Å². The first kappa shape index (κ1) is 15.8. The van der Waals surface area contributed by atoms with E-state index in [0.717, 1.165) is 16.1 Å². The van der Waals surface area contributed by atoms with Crippen molar-refractivity contribution in [2.75, 3.05) is 0 Å². The van der Waals surface area contributed by atoms with E-state index in [0.29, 0.717) is 5.92 Å². The van der Waals surface area contributed by atoms with Crippen molar-refractivity contribution in [3.8, 4) is 0 Å². The SMILES string of the molecule is Cn1c(C2CCCCCC2)nnc1C(C)(C)n1ccc(Br)c1. The van der Waals surface area contributed by atoms with Crippen molar-refractivity contribution < 1.29 is 0 Å². The number of halogens is 1. The van der Waals surface area contributed by atoms with E-state index in [-0.39, 0.29) is 5.54 Å². The van der Waals surface area contributed by atoms with Gasteiger partial charge >= 0.3 is 0 Å². The van der Waals surface area contributed by atoms with Crippen LogP contribution in [0.5, 0.6) is 0 Å². The van der Waals surface area contributed by atoms with Gasteiger partial charge in [0.15, 0.2) is 5.82 Å². The second-order valence-corrected chi connectivity index (χ2v) is 7.84. The molecule has 0 aliphatic heterocycles. The van der Waals surface area contributed by atoms with Gasteiger partial charge < -0.3 is 9.13 Å². The van der Waals surface area contributed by atoms with E-state index in [4.69, 9.17) is 0 Å². The molecule has 0 aromatic carbocycles. The zero-order valence-electron chi connectivity index (χ0n) is 13.7. The predicted molar refractivity (Wildman–Crippen MR) is 92.0 cm³/mol. The summed E-state index contributed by atoms with van der Waals surface area (Å²) in [5.74, 6) is 2.76. The fraction of sp³-hybridized carbons (Fsp3) is 0.647. The Bertz CT molecular complexity index is 633. The summed E-state index contributed by atoms with van der Waals surface area (Å²) in [6.45, 7) is 4.39. The van der Waals surface area contributed by atoms with E-state index >= 15 is 0 Å². The van der Waals surface area contributed by atoms with Gasteiger partial charge in [-0.15, -0.1) is 10.2 Å². The molecule has 120 valence electrons. The van der Waals surface area contributed by atoms with Crippen LogP contribution in [0.1, 0.15) is 69.9 Å². The number of hydrogen-bond acceptors (Lipinski definition) is 2. The van der Waals surface area contributed by atoms with Crippen molar-refractivity contribution in [1.29, 1.82) is 0 Å². The van der Waals surface area contributed by atoms with E-state index in [1.165, 1.54) is 38.5 Å². The molecule has 5 heteroatoms. The van der Waals surface area contributed by atoms with Gasteiger partial charge in [-0.25, -0.2) is 0 Å². The Morgan fingerprint density at radius 1 is 1.14 bits per heavy atom. The molecule has 4 nitrogen and oxygen atoms in total. The molecule has 2 aromatic rings. The van der Waals surface area contributed by atoms with Crippen molar-refractivity contribution in [2.45, 2.75) is 63.8 Å². The molecule has 0 unspecified atom stereocenters. The molecular weight excluding hydrogens is 340 g/mol. The molecule has 0 atom stereocenters. The molecule has 1 fully saturated rings. The molecule has 2 heterocycles. The molecule has 0 radical (unpaired) electrons. The van der Waals surface area contributed by atoms with E-state index in [9.17, 15) is 0 Å². The molecule has 0 bridgehead atoms. The normalized spacial score (nSPS) is 17.6.